The lowest BCUT2D eigenvalue weighted by Crippen LogP contribution is -2.24. The summed E-state index contributed by atoms with van der Waals surface area (Å²) >= 11 is 7.21. The molecule has 1 aromatic carbocycles. The van der Waals surface area contributed by atoms with Gasteiger partial charge in [-0.3, -0.25) is 14.2 Å². The lowest BCUT2D eigenvalue weighted by molar-refractivity contribution is -0.137. The summed E-state index contributed by atoms with van der Waals surface area (Å²) < 4.78 is 6.46. The second-order valence-electron chi connectivity index (χ2n) is 4.82. The molecule has 1 fully saturated rings. The Balaban J connectivity index is 2.13. The largest absolute Gasteiger partial charge is 0.465 e. The lowest BCUT2D eigenvalue weighted by atomic mass is 10.2. The Morgan fingerprint density at radius 1 is 1.50 bits per heavy atom. The summed E-state index contributed by atoms with van der Waals surface area (Å²) in [7, 11) is 0. The van der Waals surface area contributed by atoms with Crippen molar-refractivity contribution in [1.29, 1.82) is 0 Å². The van der Waals surface area contributed by atoms with Gasteiger partial charge in [-0.25, -0.2) is 4.98 Å². The number of carbonyl (C=O) groups excluding carboxylic acids is 1. The molecule has 1 aliphatic rings. The Morgan fingerprint density at radius 2 is 2.32 bits per heavy atom. The van der Waals surface area contributed by atoms with Gasteiger partial charge in [0.15, 0.2) is 5.16 Å². The highest BCUT2D eigenvalue weighted by atomic mass is 35.5. The monoisotopic (exact) mass is 336 g/mol. The van der Waals surface area contributed by atoms with Crippen LogP contribution >= 0.6 is 23.4 Å². The van der Waals surface area contributed by atoms with Crippen molar-refractivity contribution in [3.8, 4) is 0 Å². The predicted molar refractivity (Wildman–Crippen MR) is 86.4 cm³/mol. The van der Waals surface area contributed by atoms with E-state index in [4.69, 9.17) is 16.3 Å². The smallest absolute Gasteiger partial charge is 0.319 e. The minimum Gasteiger partial charge on any atom is -0.465 e. The molecule has 1 atom stereocenters. The SMILES string of the molecule is C=CCn1c(S[C@H]2CCOC2=O)nc2ccc(Cl)cc2c1=O. The summed E-state index contributed by atoms with van der Waals surface area (Å²) in [5, 5.41) is 1.10. The summed E-state index contributed by atoms with van der Waals surface area (Å²) in [5.41, 5.74) is 0.366. The second-order valence-corrected chi connectivity index (χ2v) is 6.43. The molecule has 2 aromatic rings. The van der Waals surface area contributed by atoms with Crippen molar-refractivity contribution in [3.63, 3.8) is 0 Å². The maximum atomic E-state index is 12.6. The van der Waals surface area contributed by atoms with E-state index in [9.17, 15) is 9.59 Å². The molecule has 1 aromatic heterocycles. The Hall–Kier alpha value is -1.79. The first-order valence-corrected chi connectivity index (χ1v) is 8.00. The van der Waals surface area contributed by atoms with E-state index in [-0.39, 0.29) is 16.8 Å². The van der Waals surface area contributed by atoms with E-state index in [0.29, 0.717) is 40.7 Å². The molecule has 0 N–H and O–H groups in total. The van der Waals surface area contributed by atoms with Crippen LogP contribution in [0.15, 0.2) is 40.8 Å². The number of carbonyl (C=O) groups is 1. The number of benzene rings is 1. The minimum atomic E-state index is -0.326. The minimum absolute atomic E-state index is 0.193. The summed E-state index contributed by atoms with van der Waals surface area (Å²) in [6, 6.07) is 4.99. The third-order valence-corrected chi connectivity index (χ3v) is 4.80. The highest BCUT2D eigenvalue weighted by molar-refractivity contribution is 8.00. The van der Waals surface area contributed by atoms with Gasteiger partial charge in [0.2, 0.25) is 0 Å². The van der Waals surface area contributed by atoms with Crippen LogP contribution in [0, 0.1) is 0 Å². The van der Waals surface area contributed by atoms with Crippen molar-refractivity contribution in [2.24, 2.45) is 0 Å². The van der Waals surface area contributed by atoms with E-state index >= 15 is 0 Å². The van der Waals surface area contributed by atoms with Crippen molar-refractivity contribution in [2.45, 2.75) is 23.4 Å². The van der Waals surface area contributed by atoms with E-state index in [1.807, 2.05) is 0 Å². The molecule has 0 aliphatic carbocycles. The third-order valence-electron chi connectivity index (χ3n) is 3.33. The van der Waals surface area contributed by atoms with Crippen molar-refractivity contribution in [3.05, 3.63) is 46.2 Å². The van der Waals surface area contributed by atoms with Gasteiger partial charge in [0.05, 0.1) is 17.5 Å². The zero-order valence-electron chi connectivity index (χ0n) is 11.6. The molecule has 114 valence electrons. The van der Waals surface area contributed by atoms with E-state index in [0.717, 1.165) is 0 Å². The number of hydrogen-bond acceptors (Lipinski definition) is 5. The van der Waals surface area contributed by atoms with E-state index < -0.39 is 0 Å². The van der Waals surface area contributed by atoms with Gasteiger partial charge in [0.1, 0.15) is 5.25 Å². The molecule has 0 spiro atoms. The molecule has 0 bridgehead atoms. The number of halogens is 1. The van der Waals surface area contributed by atoms with E-state index in [1.54, 1.807) is 24.3 Å². The van der Waals surface area contributed by atoms with Crippen molar-refractivity contribution < 1.29 is 9.53 Å². The Bertz CT molecular complexity index is 818. The van der Waals surface area contributed by atoms with Gasteiger partial charge >= 0.3 is 5.97 Å². The fraction of sp³-hybridized carbons (Fsp3) is 0.267. The van der Waals surface area contributed by atoms with Crippen molar-refractivity contribution in [2.75, 3.05) is 6.61 Å². The molecule has 0 saturated carbocycles. The van der Waals surface area contributed by atoms with Crippen LogP contribution in [-0.4, -0.2) is 27.4 Å². The fourth-order valence-corrected chi connectivity index (χ4v) is 3.51. The molecule has 7 heteroatoms. The van der Waals surface area contributed by atoms with Gasteiger partial charge in [0, 0.05) is 18.0 Å². The highest BCUT2D eigenvalue weighted by Gasteiger charge is 2.29. The summed E-state index contributed by atoms with van der Waals surface area (Å²) in [4.78, 5) is 28.8. The molecular formula is C15H13ClN2O3S. The molecule has 0 radical (unpaired) electrons. The number of fused-ring (bicyclic) bond motifs is 1. The quantitative estimate of drug-likeness (QED) is 0.488. The van der Waals surface area contributed by atoms with Gasteiger partial charge in [-0.2, -0.15) is 0 Å². The van der Waals surface area contributed by atoms with E-state index in [2.05, 4.69) is 11.6 Å². The Labute approximate surface area is 135 Å². The van der Waals surface area contributed by atoms with Crippen LogP contribution in [0.1, 0.15) is 6.42 Å². The second kappa shape index (κ2) is 6.14. The predicted octanol–water partition coefficient (Wildman–Crippen LogP) is 2.64. The maximum absolute atomic E-state index is 12.6. The van der Waals surface area contributed by atoms with Crippen LogP contribution in [0.3, 0.4) is 0 Å². The number of thioether (sulfide) groups is 1. The third kappa shape index (κ3) is 2.76. The topological polar surface area (TPSA) is 61.2 Å². The van der Waals surface area contributed by atoms with Gasteiger partial charge in [-0.05, 0) is 18.2 Å². The molecule has 2 heterocycles. The molecule has 5 nitrogen and oxygen atoms in total. The summed E-state index contributed by atoms with van der Waals surface area (Å²) in [6.07, 6.45) is 2.24. The summed E-state index contributed by atoms with van der Waals surface area (Å²) in [6.45, 7) is 4.39. The molecule has 0 unspecified atom stereocenters. The average molecular weight is 337 g/mol. The molecule has 1 saturated heterocycles. The Kier molecular flexibility index (Phi) is 4.22. The van der Waals surface area contributed by atoms with Crippen LogP contribution in [0.25, 0.3) is 10.9 Å². The first-order valence-electron chi connectivity index (χ1n) is 6.74. The number of rotatable bonds is 4. The van der Waals surface area contributed by atoms with Gasteiger partial charge in [-0.15, -0.1) is 6.58 Å². The van der Waals surface area contributed by atoms with Gasteiger partial charge in [0.25, 0.3) is 5.56 Å². The lowest BCUT2D eigenvalue weighted by Gasteiger charge is -2.13. The normalized spacial score (nSPS) is 17.7. The van der Waals surface area contributed by atoms with Crippen LogP contribution < -0.4 is 5.56 Å². The number of esters is 1. The molecule has 1 aliphatic heterocycles. The zero-order valence-corrected chi connectivity index (χ0v) is 13.2. The van der Waals surface area contributed by atoms with Crippen molar-refractivity contribution >= 4 is 40.2 Å². The first-order chi connectivity index (χ1) is 10.6. The van der Waals surface area contributed by atoms with Crippen LogP contribution in [-0.2, 0) is 16.1 Å². The zero-order chi connectivity index (χ0) is 15.7. The maximum Gasteiger partial charge on any atom is 0.319 e. The van der Waals surface area contributed by atoms with Gasteiger partial charge < -0.3 is 4.74 Å². The number of hydrogen-bond donors (Lipinski definition) is 0. The number of nitrogens with zero attached hydrogens (tertiary/aromatic N) is 2. The molecule has 0 amide bonds. The number of allylic oxidation sites excluding steroid dienone is 1. The standard InChI is InChI=1S/C15H13ClN2O3S/c1-2-6-18-13(19)10-8-9(16)3-4-11(10)17-15(18)22-12-5-7-21-14(12)20/h2-4,8,12H,1,5-7H2/t12-/m0/s1. The van der Waals surface area contributed by atoms with E-state index in [1.165, 1.54) is 16.3 Å². The van der Waals surface area contributed by atoms with Gasteiger partial charge in [-0.1, -0.05) is 29.4 Å². The molecule has 22 heavy (non-hydrogen) atoms. The van der Waals surface area contributed by atoms with Crippen LogP contribution in [0.4, 0.5) is 0 Å². The number of cyclic esters (lactones) is 1. The molecular weight excluding hydrogens is 324 g/mol. The van der Waals surface area contributed by atoms with Crippen LogP contribution in [0.5, 0.6) is 0 Å². The summed E-state index contributed by atoms with van der Waals surface area (Å²) in [5.74, 6) is -0.263. The first kappa shape index (κ1) is 15.1. The van der Waals surface area contributed by atoms with Crippen molar-refractivity contribution in [1.82, 2.24) is 9.55 Å². The number of ether oxygens (including phenoxy) is 1. The fourth-order valence-electron chi connectivity index (χ4n) is 2.26. The Morgan fingerprint density at radius 3 is 3.00 bits per heavy atom. The molecule has 3 rings (SSSR count). The van der Waals surface area contributed by atoms with Crippen LogP contribution in [0.2, 0.25) is 5.02 Å². The number of aromatic nitrogens is 2. The average Bonchev–Trinajstić information content (AvgIpc) is 2.89. The highest BCUT2D eigenvalue weighted by Crippen LogP contribution is 2.29.